The summed E-state index contributed by atoms with van der Waals surface area (Å²) in [6, 6.07) is 11.9. The minimum absolute atomic E-state index is 0.0748. The molecule has 0 spiro atoms. The molecule has 0 unspecified atom stereocenters. The zero-order valence-corrected chi connectivity index (χ0v) is 25.0. The molecule has 5 heterocycles. The lowest BCUT2D eigenvalue weighted by molar-refractivity contribution is -0.671. The number of imidazole rings is 1. The van der Waals surface area contributed by atoms with Crippen molar-refractivity contribution in [3.05, 3.63) is 115 Å². The van der Waals surface area contributed by atoms with E-state index >= 15 is 0 Å². The van der Waals surface area contributed by atoms with Crippen molar-refractivity contribution in [2.75, 3.05) is 14.2 Å². The van der Waals surface area contributed by atoms with Gasteiger partial charge in [0.05, 0.1) is 31.6 Å². The first-order chi connectivity index (χ1) is 20.7. The van der Waals surface area contributed by atoms with Crippen LogP contribution in [-0.2, 0) is 28.2 Å². The van der Waals surface area contributed by atoms with Gasteiger partial charge in [-0.15, -0.1) is 5.10 Å². The fraction of sp³-hybridized carbons (Fsp3) is 0.222. The molecule has 0 fully saturated rings. The monoisotopic (exact) mass is 591 g/mol. The van der Waals surface area contributed by atoms with Gasteiger partial charge in [-0.3, -0.25) is 14.8 Å². The van der Waals surface area contributed by atoms with Crippen LogP contribution in [0.4, 0.5) is 5.69 Å². The number of nitro benzene ring substituents is 1. The molecular formula is C27H37N13O3+2. The van der Waals surface area contributed by atoms with Gasteiger partial charge in [-0.25, -0.2) is 28.8 Å². The Labute approximate surface area is 249 Å². The Hall–Kier alpha value is -6.02. The zero-order valence-electron chi connectivity index (χ0n) is 25.0. The Morgan fingerprint density at radius 1 is 0.953 bits per heavy atom. The Balaban J connectivity index is 0.000000262. The molecular weight excluding hydrogens is 554 g/mol. The molecule has 5 aromatic rings. The quantitative estimate of drug-likeness (QED) is 0.126. The predicted molar refractivity (Wildman–Crippen MR) is 161 cm³/mol. The van der Waals surface area contributed by atoms with Crippen LogP contribution in [0.15, 0.2) is 105 Å². The molecule has 0 radical (unpaired) electrons. The van der Waals surface area contributed by atoms with Gasteiger partial charge in [-0.1, -0.05) is 6.07 Å². The molecule has 0 saturated carbocycles. The van der Waals surface area contributed by atoms with Crippen molar-refractivity contribution in [1.29, 1.82) is 0 Å². The van der Waals surface area contributed by atoms with Crippen molar-refractivity contribution in [2.45, 2.75) is 0 Å². The number of aromatic nitrogens is 10. The second-order valence-corrected chi connectivity index (χ2v) is 8.20. The lowest BCUT2D eigenvalue weighted by Gasteiger charge is -1.96. The van der Waals surface area contributed by atoms with Gasteiger partial charge < -0.3 is 9.30 Å². The summed E-state index contributed by atoms with van der Waals surface area (Å²) in [5.41, 5.74) is 0.0748. The molecule has 16 heteroatoms. The van der Waals surface area contributed by atoms with Gasteiger partial charge in [0.2, 0.25) is 0 Å². The number of nitro groups is 1. The minimum Gasteiger partial charge on any atom is -0.497 e. The molecule has 1 aliphatic heterocycles. The van der Waals surface area contributed by atoms with E-state index in [9.17, 15) is 10.1 Å². The average Bonchev–Trinajstić information content (AvgIpc) is 3.81. The predicted octanol–water partition coefficient (Wildman–Crippen LogP) is 1.17. The number of methoxy groups -OCH3 is 1. The number of rotatable bonds is 2. The molecule has 0 aliphatic carbocycles. The lowest BCUT2D eigenvalue weighted by atomic mass is 10.3. The normalized spacial score (nSPS) is 10.0. The van der Waals surface area contributed by atoms with Gasteiger partial charge in [0.25, 0.3) is 5.69 Å². The van der Waals surface area contributed by atoms with E-state index in [1.165, 1.54) is 36.6 Å². The standard InChI is InChI=1S/C7H7NO3.C6H8N.C5H7N2.C4H6N2.C3H5N3.C2H4N4/c1-11-7-4-2-6(3-5-7)8(9)10;1-7-5-3-2-4-6-7;1-7-4-2-3-6-5-7;1-6-3-2-5-4-6;1-6-3-4-2-5-6;1-6-2-3-4-5-6/h2-5H,1H3;2-6H,1H3;2-5H,1H3;2-4H,1H3;2-3H,1H3;2H,1H3/q;2*+1;;;. The number of ether oxygens (including phenoxy) is 1. The molecule has 0 amide bonds. The average molecular weight is 592 g/mol. The second-order valence-electron chi connectivity index (χ2n) is 8.20. The summed E-state index contributed by atoms with van der Waals surface area (Å²) < 4.78 is 15.7. The zero-order chi connectivity index (χ0) is 31.7. The first-order valence-electron chi connectivity index (χ1n) is 12.5. The number of benzene rings is 1. The van der Waals surface area contributed by atoms with Gasteiger partial charge in [0.15, 0.2) is 18.6 Å². The highest BCUT2D eigenvalue weighted by molar-refractivity contribution is 5.77. The van der Waals surface area contributed by atoms with Gasteiger partial charge in [0.1, 0.15) is 31.8 Å². The molecule has 1 aromatic carbocycles. The van der Waals surface area contributed by atoms with Crippen LogP contribution in [0.1, 0.15) is 0 Å². The molecule has 43 heavy (non-hydrogen) atoms. The fourth-order valence-electron chi connectivity index (χ4n) is 2.40. The third-order valence-electron chi connectivity index (χ3n) is 4.51. The molecule has 0 atom stereocenters. The summed E-state index contributed by atoms with van der Waals surface area (Å²) >= 11 is 0. The summed E-state index contributed by atoms with van der Waals surface area (Å²) in [6.45, 7) is 0. The second kappa shape index (κ2) is 21.8. The minimum atomic E-state index is -0.445. The van der Waals surface area contributed by atoms with Crippen LogP contribution in [0.5, 0.6) is 5.75 Å². The Morgan fingerprint density at radius 2 is 1.67 bits per heavy atom. The Bertz CT molecular complexity index is 1370. The number of pyridine rings is 1. The topological polar surface area (TPSA) is 166 Å². The summed E-state index contributed by atoms with van der Waals surface area (Å²) in [5.74, 6) is 0.621. The number of aryl methyl sites for hydroxylation is 4. The molecule has 1 aliphatic rings. The van der Waals surface area contributed by atoms with E-state index in [1.807, 2.05) is 91.3 Å². The molecule has 0 saturated heterocycles. The molecule has 226 valence electrons. The summed E-state index contributed by atoms with van der Waals surface area (Å²) in [4.78, 5) is 19.1. The van der Waals surface area contributed by atoms with Gasteiger partial charge in [-0.2, -0.15) is 5.10 Å². The van der Waals surface area contributed by atoms with Crippen molar-refractivity contribution in [3.63, 3.8) is 0 Å². The van der Waals surface area contributed by atoms with Crippen molar-refractivity contribution in [2.24, 2.45) is 28.2 Å². The Kier molecular flexibility index (Phi) is 17.7. The number of tetrazole rings is 1. The maximum Gasteiger partial charge on any atom is 0.337 e. The lowest BCUT2D eigenvalue weighted by Crippen LogP contribution is -2.25. The molecule has 4 aromatic heterocycles. The number of nitrogens with zero attached hydrogens (tertiary/aromatic N) is 13. The van der Waals surface area contributed by atoms with Crippen LogP contribution in [0.2, 0.25) is 0 Å². The van der Waals surface area contributed by atoms with Crippen molar-refractivity contribution >= 4 is 18.2 Å². The summed E-state index contributed by atoms with van der Waals surface area (Å²) in [6.07, 6.45) is 21.4. The van der Waals surface area contributed by atoms with Crippen molar-refractivity contribution in [3.8, 4) is 5.75 Å². The number of non-ortho nitro benzene ring substituents is 1. The number of hydrogen-bond donors (Lipinski definition) is 0. The van der Waals surface area contributed by atoms with E-state index < -0.39 is 4.92 Å². The van der Waals surface area contributed by atoms with E-state index in [1.54, 1.807) is 55.3 Å². The van der Waals surface area contributed by atoms with E-state index in [0.717, 1.165) is 0 Å². The third kappa shape index (κ3) is 18.8. The van der Waals surface area contributed by atoms with E-state index in [4.69, 9.17) is 4.74 Å². The summed E-state index contributed by atoms with van der Waals surface area (Å²) in [7, 11) is 11.0. The molecule has 0 N–H and O–H groups in total. The maximum absolute atomic E-state index is 10.2. The highest BCUT2D eigenvalue weighted by Crippen LogP contribution is 2.16. The van der Waals surface area contributed by atoms with E-state index in [-0.39, 0.29) is 5.69 Å². The van der Waals surface area contributed by atoms with Crippen molar-refractivity contribution < 1.29 is 14.2 Å². The van der Waals surface area contributed by atoms with Crippen molar-refractivity contribution in [1.82, 2.24) is 54.1 Å². The highest BCUT2D eigenvalue weighted by Gasteiger charge is 2.02. The Morgan fingerprint density at radius 3 is 1.93 bits per heavy atom. The number of hydrogen-bond acceptors (Lipinski definition) is 10. The SMILES string of the molecule is CN1C=CC=[N+]=C1.COc1ccc([N+](=O)[O-])cc1.C[n+]1ccccc1.Cn1ccnc1.Cn1cncn1.Cn1cnnn1. The third-order valence-corrected chi connectivity index (χ3v) is 4.51. The smallest absolute Gasteiger partial charge is 0.337 e. The van der Waals surface area contributed by atoms with Crippen LogP contribution >= 0.6 is 0 Å². The number of allylic oxidation sites excluding steroid dienone is 1. The van der Waals surface area contributed by atoms with Gasteiger partial charge in [-0.05, 0) is 22.6 Å². The van der Waals surface area contributed by atoms with Gasteiger partial charge >= 0.3 is 6.34 Å². The van der Waals surface area contributed by atoms with Crippen LogP contribution in [0, 0.1) is 10.1 Å². The first-order valence-corrected chi connectivity index (χ1v) is 12.5. The van der Waals surface area contributed by atoms with Crippen LogP contribution in [-0.4, -0.2) is 81.1 Å². The molecule has 6 rings (SSSR count). The van der Waals surface area contributed by atoms with E-state index in [2.05, 4.69) is 35.3 Å². The fourth-order valence-corrected chi connectivity index (χ4v) is 2.40. The largest absolute Gasteiger partial charge is 0.497 e. The summed E-state index contributed by atoms with van der Waals surface area (Å²) in [5, 5.41) is 24.1. The van der Waals surface area contributed by atoms with Gasteiger partial charge in [0, 0.05) is 63.9 Å². The molecule has 0 bridgehead atoms. The van der Waals surface area contributed by atoms with Crippen LogP contribution in [0.25, 0.3) is 0 Å². The van der Waals surface area contributed by atoms with Crippen LogP contribution < -0.4 is 14.0 Å². The van der Waals surface area contributed by atoms with Crippen LogP contribution in [0.3, 0.4) is 0 Å². The molecule has 16 nitrogen and oxygen atoms in total. The highest BCUT2D eigenvalue weighted by atomic mass is 16.6. The maximum atomic E-state index is 10.2. The first kappa shape index (κ1) is 35.0. The van der Waals surface area contributed by atoms with E-state index in [0.29, 0.717) is 5.75 Å².